The normalized spacial score (nSPS) is 20.6. The number of esters is 1. The van der Waals surface area contributed by atoms with Crippen LogP contribution in [0.15, 0.2) is 89.2 Å². The van der Waals surface area contributed by atoms with E-state index in [9.17, 15) is 23.7 Å². The van der Waals surface area contributed by atoms with Crippen molar-refractivity contribution in [2.75, 3.05) is 19.0 Å². The number of alkyl halides is 1. The Morgan fingerprint density at radius 3 is 2.49 bits per heavy atom. The molecule has 0 saturated carbocycles. The van der Waals surface area contributed by atoms with Crippen LogP contribution in [0.25, 0.3) is 0 Å². The highest BCUT2D eigenvalue weighted by atomic mass is 31.2. The van der Waals surface area contributed by atoms with E-state index in [4.69, 9.17) is 24.3 Å². The number of carbonyl (C=O) groups is 1. The average Bonchev–Trinajstić information content (AvgIpc) is 3.21. The number of halogens is 1. The number of nitrogens with one attached hydrogen (secondary N) is 1. The van der Waals surface area contributed by atoms with Gasteiger partial charge in [0.25, 0.3) is 0 Å². The second kappa shape index (κ2) is 12.5. The van der Waals surface area contributed by atoms with Crippen LogP contribution in [0.5, 0.6) is 5.75 Å². The smallest absolute Gasteiger partial charge is 0.459 e. The molecule has 4 N–H and O–H groups in total. The molecule has 0 radical (unpaired) electrons. The highest BCUT2D eigenvalue weighted by Crippen LogP contribution is 2.48. The molecule has 0 aliphatic carbocycles. The molecule has 0 saturated heterocycles. The summed E-state index contributed by atoms with van der Waals surface area (Å²) in [6.07, 6.45) is 1.20. The third kappa shape index (κ3) is 6.76. The van der Waals surface area contributed by atoms with Gasteiger partial charge in [0.2, 0.25) is 5.72 Å². The Morgan fingerprint density at radius 1 is 1.20 bits per heavy atom. The summed E-state index contributed by atoms with van der Waals surface area (Å²) in [6, 6.07) is 17.2. The molecule has 3 aromatic rings. The first-order valence-corrected chi connectivity index (χ1v) is 14.1. The highest BCUT2D eigenvalue weighted by molar-refractivity contribution is 7.52. The summed E-state index contributed by atoms with van der Waals surface area (Å²) in [7, 11) is -4.35. The number of hydrogen-bond donors (Lipinski definition) is 3. The molecule has 1 aromatic heterocycles. The van der Waals surface area contributed by atoms with Gasteiger partial charge in [0.1, 0.15) is 43.3 Å². The third-order valence-corrected chi connectivity index (χ3v) is 7.98. The van der Waals surface area contributed by atoms with E-state index in [2.05, 4.69) is 10.1 Å². The van der Waals surface area contributed by atoms with Crippen molar-refractivity contribution in [1.82, 2.24) is 14.6 Å². The second-order valence-electron chi connectivity index (χ2n) is 9.23. The van der Waals surface area contributed by atoms with Gasteiger partial charge >= 0.3 is 19.4 Å². The first-order valence-electron chi connectivity index (χ1n) is 12.6. The molecule has 2 heterocycles. The number of benzene rings is 2. The van der Waals surface area contributed by atoms with Gasteiger partial charge in [-0.3, -0.25) is 13.9 Å². The van der Waals surface area contributed by atoms with E-state index in [1.54, 1.807) is 42.5 Å². The second-order valence-corrected chi connectivity index (χ2v) is 10.9. The van der Waals surface area contributed by atoms with Crippen molar-refractivity contribution in [3.8, 4) is 5.75 Å². The topological polar surface area (TPSA) is 164 Å². The Bertz CT molecular complexity index is 1500. The molecule has 1 aliphatic heterocycles. The van der Waals surface area contributed by atoms with E-state index < -0.39 is 56.1 Å². The molecule has 41 heavy (non-hydrogen) atoms. The molecule has 4 atom stereocenters. The van der Waals surface area contributed by atoms with E-state index in [0.717, 1.165) is 10.1 Å². The number of aromatic nitrogens is 2. The van der Waals surface area contributed by atoms with Gasteiger partial charge < -0.3 is 24.8 Å². The Balaban J connectivity index is 1.51. The molecule has 14 heteroatoms. The van der Waals surface area contributed by atoms with Crippen molar-refractivity contribution in [3.05, 3.63) is 100 Å². The van der Waals surface area contributed by atoms with E-state index in [1.807, 2.05) is 6.07 Å². The van der Waals surface area contributed by atoms with Gasteiger partial charge in [0.15, 0.2) is 5.76 Å². The number of anilines is 1. The summed E-state index contributed by atoms with van der Waals surface area (Å²) in [5.41, 5.74) is 3.41. The zero-order chi connectivity index (χ0) is 29.6. The minimum Gasteiger partial charge on any atom is -0.508 e. The Morgan fingerprint density at radius 2 is 1.85 bits per heavy atom. The molecular weight excluding hydrogens is 558 g/mol. The maximum absolute atomic E-state index is 14.5. The Labute approximate surface area is 235 Å². The number of nitrogens with two attached hydrogens (primary N) is 1. The van der Waals surface area contributed by atoms with Crippen LogP contribution in [0.3, 0.4) is 0 Å². The van der Waals surface area contributed by atoms with Crippen LogP contribution in [0.2, 0.25) is 0 Å². The molecule has 0 fully saturated rings. The van der Waals surface area contributed by atoms with Crippen molar-refractivity contribution in [1.29, 1.82) is 0 Å². The van der Waals surface area contributed by atoms with Gasteiger partial charge in [0.05, 0.1) is 5.92 Å². The summed E-state index contributed by atoms with van der Waals surface area (Å²) in [6.45, 7) is 0.949. The molecule has 218 valence electrons. The maximum atomic E-state index is 14.5. The fourth-order valence-corrected chi connectivity index (χ4v) is 5.53. The molecule has 0 bridgehead atoms. The third-order valence-electron chi connectivity index (χ3n) is 6.36. The van der Waals surface area contributed by atoms with Crippen LogP contribution in [-0.2, 0) is 35.7 Å². The first-order chi connectivity index (χ1) is 19.6. The summed E-state index contributed by atoms with van der Waals surface area (Å²) in [5, 5.41) is 13.3. The van der Waals surface area contributed by atoms with Crippen LogP contribution in [-0.4, -0.2) is 40.0 Å². The summed E-state index contributed by atoms with van der Waals surface area (Å²) < 4.78 is 51.4. The van der Waals surface area contributed by atoms with Crippen LogP contribution in [0.1, 0.15) is 19.4 Å². The maximum Gasteiger partial charge on any atom is 0.459 e. The number of hydrogen-bond acceptors (Lipinski definition) is 10. The lowest BCUT2D eigenvalue weighted by Gasteiger charge is -2.32. The van der Waals surface area contributed by atoms with Crippen molar-refractivity contribution >= 4 is 19.5 Å². The summed E-state index contributed by atoms with van der Waals surface area (Å²) in [5.74, 6) is -2.44. The van der Waals surface area contributed by atoms with Gasteiger partial charge in [-0.1, -0.05) is 48.5 Å². The number of aliphatic hydroxyl groups excluding tert-OH is 1. The van der Waals surface area contributed by atoms with Crippen LogP contribution in [0.4, 0.5) is 10.2 Å². The number of carbonyl (C=O) groups excluding carboxylic acids is 1. The lowest BCUT2D eigenvalue weighted by Crippen LogP contribution is -2.48. The summed E-state index contributed by atoms with van der Waals surface area (Å²) >= 11 is 0. The zero-order valence-electron chi connectivity index (χ0n) is 22.3. The molecule has 2 aromatic carbocycles. The average molecular weight is 589 g/mol. The van der Waals surface area contributed by atoms with E-state index in [1.165, 1.54) is 38.2 Å². The fourth-order valence-electron chi connectivity index (χ4n) is 4.08. The van der Waals surface area contributed by atoms with Crippen LogP contribution >= 0.6 is 7.75 Å². The van der Waals surface area contributed by atoms with Crippen molar-refractivity contribution in [2.24, 2.45) is 5.92 Å². The minimum atomic E-state index is -4.35. The fraction of sp³-hybridized carbons (Fsp3) is 0.296. The summed E-state index contributed by atoms with van der Waals surface area (Å²) in [4.78, 5) is 28.7. The van der Waals surface area contributed by atoms with Crippen LogP contribution in [0, 0.1) is 5.92 Å². The molecular formula is C27H30FN4O8P. The number of ether oxygens (including phenoxy) is 2. The van der Waals surface area contributed by atoms with E-state index in [0.29, 0.717) is 0 Å². The number of para-hydroxylation sites is 1. The minimum absolute atomic E-state index is 0.00639. The highest BCUT2D eigenvalue weighted by Gasteiger charge is 2.51. The lowest BCUT2D eigenvalue weighted by atomic mass is 9.98. The van der Waals surface area contributed by atoms with Gasteiger partial charge in [-0.15, -0.1) is 0 Å². The first kappa shape index (κ1) is 29.8. The molecule has 1 aliphatic rings. The Kier molecular flexibility index (Phi) is 9.11. The van der Waals surface area contributed by atoms with Crippen molar-refractivity contribution in [3.63, 3.8) is 0 Å². The van der Waals surface area contributed by atoms with Gasteiger partial charge in [-0.05, 0) is 37.6 Å². The van der Waals surface area contributed by atoms with Crippen LogP contribution < -0.4 is 21.0 Å². The predicted molar refractivity (Wildman–Crippen MR) is 146 cm³/mol. The number of nitrogens with zero attached hydrogens (tertiary/aromatic N) is 2. The number of nitrogen functional groups attached to an aromatic ring is 1. The number of aliphatic hydroxyl groups is 1. The SMILES string of the molecule is CC1C(O)=C(COP(=O)(N[C@@H](C)C(=O)OCc2ccccc2)Oc2ccccc2)OC1(CF)n1ccc(N)nc1=O. The molecule has 3 unspecified atom stereocenters. The standard InChI is InChI=1S/C27H30FN4O8P/c1-18-24(33)22(39-27(18,17-28)32-14-13-23(29)30-26(32)35)16-38-41(36,40-21-11-7-4-8-12-21)31-19(2)25(34)37-15-20-9-5-3-6-10-20/h3-14,18-19,33H,15-17H2,1-2H3,(H,31,36)(H2,29,30,35)/t18?,19-,27?,41?/m0/s1. The molecule has 4 rings (SSSR count). The molecule has 12 nitrogen and oxygen atoms in total. The monoisotopic (exact) mass is 588 g/mol. The van der Waals surface area contributed by atoms with E-state index in [-0.39, 0.29) is 23.9 Å². The quantitative estimate of drug-likeness (QED) is 0.208. The Hall–Kier alpha value is -4.19. The van der Waals surface area contributed by atoms with Gasteiger partial charge in [-0.2, -0.15) is 10.1 Å². The van der Waals surface area contributed by atoms with Gasteiger partial charge in [0, 0.05) is 6.20 Å². The zero-order valence-corrected chi connectivity index (χ0v) is 23.2. The largest absolute Gasteiger partial charge is 0.508 e. The molecule has 0 spiro atoms. The lowest BCUT2D eigenvalue weighted by molar-refractivity contribution is -0.146. The molecule has 0 amide bonds. The van der Waals surface area contributed by atoms with Crippen molar-refractivity contribution < 1.29 is 37.4 Å². The number of rotatable bonds is 12. The predicted octanol–water partition coefficient (Wildman–Crippen LogP) is 3.81. The van der Waals surface area contributed by atoms with Crippen molar-refractivity contribution in [2.45, 2.75) is 32.2 Å². The van der Waals surface area contributed by atoms with E-state index >= 15 is 0 Å². The van der Waals surface area contributed by atoms with Gasteiger partial charge in [-0.25, -0.2) is 13.8 Å².